The van der Waals surface area contributed by atoms with Crippen LogP contribution in [0, 0.1) is 0 Å². The molecule has 1 fully saturated rings. The summed E-state index contributed by atoms with van der Waals surface area (Å²) in [6.07, 6.45) is 0. The summed E-state index contributed by atoms with van der Waals surface area (Å²) >= 11 is 0. The van der Waals surface area contributed by atoms with Crippen LogP contribution in [0.5, 0.6) is 0 Å². The number of ether oxygens (including phenoxy) is 1. The SMILES string of the molecule is COC(=O)[C@H]1CN1S(=O)(=O)c1ccccc1. The van der Waals surface area contributed by atoms with Crippen LogP contribution in [-0.2, 0) is 19.6 Å². The van der Waals surface area contributed by atoms with Gasteiger partial charge in [0.05, 0.1) is 12.0 Å². The van der Waals surface area contributed by atoms with E-state index >= 15 is 0 Å². The fourth-order valence-corrected chi connectivity index (χ4v) is 2.98. The van der Waals surface area contributed by atoms with Crippen LogP contribution >= 0.6 is 0 Å². The Morgan fingerprint density at radius 1 is 1.38 bits per heavy atom. The summed E-state index contributed by atoms with van der Waals surface area (Å²) in [7, 11) is -2.29. The minimum atomic E-state index is -3.54. The highest BCUT2D eigenvalue weighted by Crippen LogP contribution is 2.28. The summed E-state index contributed by atoms with van der Waals surface area (Å²) in [6.45, 7) is 0.198. The van der Waals surface area contributed by atoms with Crippen molar-refractivity contribution in [1.29, 1.82) is 0 Å². The zero-order valence-corrected chi connectivity index (χ0v) is 9.48. The lowest BCUT2D eigenvalue weighted by atomic mass is 10.4. The smallest absolute Gasteiger partial charge is 0.325 e. The maximum absolute atomic E-state index is 11.9. The third kappa shape index (κ3) is 1.81. The van der Waals surface area contributed by atoms with Gasteiger partial charge < -0.3 is 4.74 Å². The second-order valence-corrected chi connectivity index (χ2v) is 5.32. The molecule has 1 aliphatic rings. The Morgan fingerprint density at radius 3 is 2.56 bits per heavy atom. The Morgan fingerprint density at radius 2 is 2.00 bits per heavy atom. The van der Waals surface area contributed by atoms with Crippen molar-refractivity contribution in [2.75, 3.05) is 13.7 Å². The van der Waals surface area contributed by atoms with Gasteiger partial charge in [-0.1, -0.05) is 18.2 Å². The first-order valence-electron chi connectivity index (χ1n) is 4.72. The largest absolute Gasteiger partial charge is 0.468 e. The molecule has 16 heavy (non-hydrogen) atoms. The summed E-state index contributed by atoms with van der Waals surface area (Å²) in [5.74, 6) is -0.514. The lowest BCUT2D eigenvalue weighted by molar-refractivity contribution is -0.140. The molecule has 86 valence electrons. The van der Waals surface area contributed by atoms with Crippen LogP contribution in [0.25, 0.3) is 0 Å². The van der Waals surface area contributed by atoms with Gasteiger partial charge in [0.15, 0.2) is 0 Å². The summed E-state index contributed by atoms with van der Waals surface area (Å²) in [5, 5.41) is 0. The molecule has 0 spiro atoms. The molecule has 1 heterocycles. The van der Waals surface area contributed by atoms with Crippen LogP contribution < -0.4 is 0 Å². The van der Waals surface area contributed by atoms with Crippen molar-refractivity contribution in [2.24, 2.45) is 0 Å². The Bertz CT molecular complexity index is 497. The standard InChI is InChI=1S/C10H11NO4S/c1-15-10(12)9-7-11(9)16(13,14)8-5-3-2-4-6-8/h2-6,9H,7H2,1H3/t9-,11?/m1/s1. The molecule has 0 aliphatic carbocycles. The van der Waals surface area contributed by atoms with E-state index in [1.54, 1.807) is 18.2 Å². The van der Waals surface area contributed by atoms with Crippen molar-refractivity contribution in [3.05, 3.63) is 30.3 Å². The first-order chi connectivity index (χ1) is 7.57. The number of hydrogen-bond donors (Lipinski definition) is 0. The van der Waals surface area contributed by atoms with Gasteiger partial charge in [0.1, 0.15) is 6.04 Å². The molecule has 0 aromatic heterocycles. The molecule has 1 saturated heterocycles. The molecule has 0 N–H and O–H groups in total. The number of esters is 1. The second kappa shape index (κ2) is 3.88. The summed E-state index contributed by atoms with van der Waals surface area (Å²) < 4.78 is 29.5. The molecule has 1 aliphatic heterocycles. The summed E-state index contributed by atoms with van der Waals surface area (Å²) in [5.41, 5.74) is 0. The number of rotatable bonds is 3. The molecule has 0 amide bonds. The number of sulfonamides is 1. The maximum Gasteiger partial charge on any atom is 0.325 e. The molecule has 0 bridgehead atoms. The number of benzene rings is 1. The van der Waals surface area contributed by atoms with Crippen molar-refractivity contribution in [1.82, 2.24) is 4.31 Å². The van der Waals surface area contributed by atoms with Crippen LogP contribution in [0.3, 0.4) is 0 Å². The van der Waals surface area contributed by atoms with Crippen molar-refractivity contribution in [2.45, 2.75) is 10.9 Å². The second-order valence-electron chi connectivity index (χ2n) is 3.43. The van der Waals surface area contributed by atoms with Crippen LogP contribution in [-0.4, -0.2) is 38.4 Å². The Labute approximate surface area is 93.7 Å². The van der Waals surface area contributed by atoms with Gasteiger partial charge in [-0.3, -0.25) is 4.79 Å². The van der Waals surface area contributed by atoms with Crippen molar-refractivity contribution in [3.8, 4) is 0 Å². The topological polar surface area (TPSA) is 63.5 Å². The van der Waals surface area contributed by atoms with Gasteiger partial charge in [-0.15, -0.1) is 0 Å². The fourth-order valence-electron chi connectivity index (χ4n) is 1.44. The third-order valence-electron chi connectivity index (χ3n) is 2.39. The van der Waals surface area contributed by atoms with E-state index < -0.39 is 22.0 Å². The molecule has 1 aromatic carbocycles. The van der Waals surface area contributed by atoms with Crippen LogP contribution in [0.2, 0.25) is 0 Å². The van der Waals surface area contributed by atoms with Crippen molar-refractivity contribution < 1.29 is 17.9 Å². The lowest BCUT2D eigenvalue weighted by Crippen LogP contribution is -2.20. The minimum absolute atomic E-state index is 0.196. The van der Waals surface area contributed by atoms with Gasteiger partial charge in [-0.25, -0.2) is 8.42 Å². The maximum atomic E-state index is 11.9. The van der Waals surface area contributed by atoms with E-state index in [4.69, 9.17) is 0 Å². The van der Waals surface area contributed by atoms with E-state index in [-0.39, 0.29) is 11.4 Å². The quantitative estimate of drug-likeness (QED) is 0.561. The molecule has 0 saturated carbocycles. The summed E-state index contributed by atoms with van der Waals surface area (Å²) in [6, 6.07) is 7.37. The zero-order valence-electron chi connectivity index (χ0n) is 8.66. The highest BCUT2D eigenvalue weighted by Gasteiger charge is 2.50. The average Bonchev–Trinajstić information content (AvgIpc) is 3.10. The number of hydrogen-bond acceptors (Lipinski definition) is 4. The highest BCUT2D eigenvalue weighted by atomic mass is 32.2. The Balaban J connectivity index is 2.21. The van der Waals surface area contributed by atoms with Crippen LogP contribution in [0.1, 0.15) is 0 Å². The molecule has 1 aromatic rings. The van der Waals surface area contributed by atoms with Gasteiger partial charge in [0.25, 0.3) is 0 Å². The van der Waals surface area contributed by atoms with Gasteiger partial charge in [-0.05, 0) is 12.1 Å². The number of methoxy groups -OCH3 is 1. The summed E-state index contributed by atoms with van der Waals surface area (Å²) in [4.78, 5) is 11.3. The van der Waals surface area contributed by atoms with Gasteiger partial charge >= 0.3 is 5.97 Å². The number of carbonyl (C=O) groups excluding carboxylic acids is 1. The minimum Gasteiger partial charge on any atom is -0.468 e. The van der Waals surface area contributed by atoms with E-state index in [9.17, 15) is 13.2 Å². The molecule has 2 rings (SSSR count). The number of carbonyl (C=O) groups is 1. The van der Waals surface area contributed by atoms with Crippen LogP contribution in [0.15, 0.2) is 35.2 Å². The predicted octanol–water partition coefficient (Wildman–Crippen LogP) is 0.232. The van der Waals surface area contributed by atoms with E-state index in [0.717, 1.165) is 4.31 Å². The molecule has 2 atom stereocenters. The molecule has 6 heteroatoms. The van der Waals surface area contributed by atoms with Crippen molar-refractivity contribution >= 4 is 16.0 Å². The first kappa shape index (κ1) is 11.1. The molecular formula is C10H11NO4S. The molecule has 5 nitrogen and oxygen atoms in total. The van der Waals surface area contributed by atoms with Crippen LogP contribution in [0.4, 0.5) is 0 Å². The Hall–Kier alpha value is -1.40. The predicted molar refractivity (Wildman–Crippen MR) is 56.1 cm³/mol. The number of nitrogens with zero attached hydrogens (tertiary/aromatic N) is 1. The Kier molecular flexibility index (Phi) is 2.69. The fraction of sp³-hybridized carbons (Fsp3) is 0.300. The van der Waals surface area contributed by atoms with E-state index in [2.05, 4.69) is 4.74 Å². The molecule has 0 radical (unpaired) electrons. The lowest BCUT2D eigenvalue weighted by Gasteiger charge is -2.04. The zero-order chi connectivity index (χ0) is 11.8. The highest BCUT2D eigenvalue weighted by molar-refractivity contribution is 7.89. The monoisotopic (exact) mass is 241 g/mol. The first-order valence-corrected chi connectivity index (χ1v) is 6.16. The van der Waals surface area contributed by atoms with Gasteiger partial charge in [0.2, 0.25) is 10.0 Å². The van der Waals surface area contributed by atoms with Gasteiger partial charge in [-0.2, -0.15) is 4.31 Å². The van der Waals surface area contributed by atoms with E-state index in [1.165, 1.54) is 19.2 Å². The molecule has 1 unspecified atom stereocenters. The molecular weight excluding hydrogens is 230 g/mol. The van der Waals surface area contributed by atoms with E-state index in [1.807, 2.05) is 0 Å². The van der Waals surface area contributed by atoms with Crippen molar-refractivity contribution in [3.63, 3.8) is 0 Å². The average molecular weight is 241 g/mol. The van der Waals surface area contributed by atoms with Gasteiger partial charge in [0, 0.05) is 6.54 Å². The third-order valence-corrected chi connectivity index (χ3v) is 4.28. The normalized spacial score (nSPS) is 23.8. The van der Waals surface area contributed by atoms with E-state index in [0.29, 0.717) is 0 Å².